The maximum Gasteiger partial charge on any atom is 0.330 e. The van der Waals surface area contributed by atoms with Crippen LogP contribution in [0, 0.1) is 15.5 Å². The third-order valence-electron chi connectivity index (χ3n) is 2.48. The van der Waals surface area contributed by atoms with Gasteiger partial charge in [-0.2, -0.15) is 0 Å². The first-order valence-electron chi connectivity index (χ1n) is 5.09. The Labute approximate surface area is 97.6 Å². The van der Waals surface area contributed by atoms with Crippen molar-refractivity contribution in [3.05, 3.63) is 21.5 Å². The normalized spacial score (nSPS) is 19.1. The molecule has 0 aromatic rings. The molecule has 0 aromatic carbocycles. The smallest absolute Gasteiger partial charge is 0.330 e. The highest BCUT2D eigenvalue weighted by Gasteiger charge is 2.39. The Morgan fingerprint density at radius 3 is 2.59 bits per heavy atom. The lowest BCUT2D eigenvalue weighted by Crippen LogP contribution is -2.35. The van der Waals surface area contributed by atoms with Gasteiger partial charge >= 0.3 is 11.7 Å². The average Bonchev–Trinajstić information content (AvgIpc) is 2.10. The molecule has 0 aromatic heterocycles. The Morgan fingerprint density at radius 2 is 2.12 bits per heavy atom. The van der Waals surface area contributed by atoms with Crippen molar-refractivity contribution in [3.63, 3.8) is 0 Å². The molecular weight excluding hydrogens is 228 g/mol. The van der Waals surface area contributed by atoms with Crippen LogP contribution in [0.25, 0.3) is 0 Å². The predicted molar refractivity (Wildman–Crippen MR) is 57.7 cm³/mol. The second kappa shape index (κ2) is 4.52. The van der Waals surface area contributed by atoms with E-state index in [1.165, 1.54) is 0 Å². The standard InChI is InChI=1S/C10H14N2O5/c1-10(2)3-6(11-5-8(14)15)9(12(16)17)7(13)4-10/h11H,3-5H2,1-2H3,(H,14,15). The number of rotatable bonds is 4. The van der Waals surface area contributed by atoms with Crippen LogP contribution >= 0.6 is 0 Å². The molecule has 17 heavy (non-hydrogen) atoms. The summed E-state index contributed by atoms with van der Waals surface area (Å²) < 4.78 is 0. The van der Waals surface area contributed by atoms with E-state index < -0.39 is 34.3 Å². The van der Waals surface area contributed by atoms with Gasteiger partial charge in [-0.3, -0.25) is 19.7 Å². The van der Waals surface area contributed by atoms with Crippen molar-refractivity contribution in [2.75, 3.05) is 6.54 Å². The molecule has 7 heteroatoms. The molecule has 94 valence electrons. The molecule has 0 heterocycles. The topological polar surface area (TPSA) is 110 Å². The summed E-state index contributed by atoms with van der Waals surface area (Å²) in [5.41, 5.74) is -0.790. The lowest BCUT2D eigenvalue weighted by molar-refractivity contribution is -0.421. The Hall–Kier alpha value is -1.92. The Kier molecular flexibility index (Phi) is 3.50. The van der Waals surface area contributed by atoms with E-state index in [0.29, 0.717) is 6.42 Å². The molecule has 1 aliphatic carbocycles. The van der Waals surface area contributed by atoms with Crippen LogP contribution in [0.4, 0.5) is 0 Å². The fourth-order valence-electron chi connectivity index (χ4n) is 1.85. The highest BCUT2D eigenvalue weighted by molar-refractivity contribution is 5.95. The van der Waals surface area contributed by atoms with Crippen LogP contribution in [0.3, 0.4) is 0 Å². The van der Waals surface area contributed by atoms with Crippen molar-refractivity contribution < 1.29 is 19.6 Å². The summed E-state index contributed by atoms with van der Waals surface area (Å²) in [5.74, 6) is -1.69. The minimum absolute atomic E-state index is 0.0988. The number of carbonyl (C=O) groups is 2. The molecule has 0 saturated carbocycles. The summed E-state index contributed by atoms with van der Waals surface area (Å²) in [4.78, 5) is 32.1. The molecule has 0 radical (unpaired) electrons. The zero-order chi connectivity index (χ0) is 13.2. The second-order valence-electron chi connectivity index (χ2n) is 4.77. The van der Waals surface area contributed by atoms with Gasteiger partial charge in [0.2, 0.25) is 5.78 Å². The summed E-state index contributed by atoms with van der Waals surface area (Å²) in [5, 5.41) is 21.8. The van der Waals surface area contributed by atoms with E-state index in [1.807, 2.05) is 13.8 Å². The van der Waals surface area contributed by atoms with E-state index in [2.05, 4.69) is 5.32 Å². The quantitative estimate of drug-likeness (QED) is 0.550. The molecule has 7 nitrogen and oxygen atoms in total. The summed E-state index contributed by atoms with van der Waals surface area (Å²) >= 11 is 0. The first kappa shape index (κ1) is 13.1. The number of nitro groups is 1. The van der Waals surface area contributed by atoms with Crippen LogP contribution in [-0.2, 0) is 9.59 Å². The third kappa shape index (κ3) is 3.27. The summed E-state index contributed by atoms with van der Waals surface area (Å²) in [6.07, 6.45) is 0.393. The summed E-state index contributed by atoms with van der Waals surface area (Å²) in [6.45, 7) is 3.18. The fourth-order valence-corrected chi connectivity index (χ4v) is 1.85. The number of aliphatic carboxylic acids is 1. The number of carboxylic acids is 1. The van der Waals surface area contributed by atoms with Gasteiger partial charge in [-0.25, -0.2) is 0 Å². The first-order chi connectivity index (χ1) is 7.73. The summed E-state index contributed by atoms with van der Waals surface area (Å²) in [6, 6.07) is 0. The number of nitrogens with zero attached hydrogens (tertiary/aromatic N) is 1. The lowest BCUT2D eigenvalue weighted by Gasteiger charge is -2.28. The number of hydrogen-bond donors (Lipinski definition) is 2. The number of allylic oxidation sites excluding steroid dienone is 2. The van der Waals surface area contributed by atoms with Crippen LogP contribution < -0.4 is 5.32 Å². The van der Waals surface area contributed by atoms with Gasteiger partial charge in [0.1, 0.15) is 6.54 Å². The van der Waals surface area contributed by atoms with Crippen LogP contribution in [-0.4, -0.2) is 28.3 Å². The molecule has 0 aliphatic heterocycles. The molecule has 0 fully saturated rings. The number of carboxylic acid groups (broad SMARTS) is 1. The molecule has 0 spiro atoms. The molecule has 2 N–H and O–H groups in total. The van der Waals surface area contributed by atoms with Gasteiger partial charge in [-0.05, 0) is 11.8 Å². The van der Waals surface area contributed by atoms with Gasteiger partial charge in [0.05, 0.1) is 10.6 Å². The van der Waals surface area contributed by atoms with Crippen LogP contribution in [0.1, 0.15) is 26.7 Å². The fraction of sp³-hybridized carbons (Fsp3) is 0.600. The zero-order valence-electron chi connectivity index (χ0n) is 9.65. The Bertz CT molecular complexity index is 411. The molecule has 0 atom stereocenters. The highest BCUT2D eigenvalue weighted by Crippen LogP contribution is 2.35. The van der Waals surface area contributed by atoms with E-state index in [1.54, 1.807) is 0 Å². The second-order valence-corrected chi connectivity index (χ2v) is 4.77. The molecule has 0 bridgehead atoms. The first-order valence-corrected chi connectivity index (χ1v) is 5.09. The monoisotopic (exact) mass is 242 g/mol. The molecule has 0 amide bonds. The number of ketones is 1. The average molecular weight is 242 g/mol. The Morgan fingerprint density at radius 1 is 1.53 bits per heavy atom. The van der Waals surface area contributed by atoms with Crippen molar-refractivity contribution in [1.29, 1.82) is 0 Å². The number of hydrogen-bond acceptors (Lipinski definition) is 5. The molecule has 1 aliphatic rings. The number of nitrogens with one attached hydrogen (secondary N) is 1. The van der Waals surface area contributed by atoms with E-state index in [0.717, 1.165) is 0 Å². The van der Waals surface area contributed by atoms with Crippen LogP contribution in [0.2, 0.25) is 0 Å². The lowest BCUT2D eigenvalue weighted by atomic mass is 9.77. The largest absolute Gasteiger partial charge is 0.480 e. The van der Waals surface area contributed by atoms with E-state index in [4.69, 9.17) is 5.11 Å². The maximum absolute atomic E-state index is 11.6. The van der Waals surface area contributed by atoms with Gasteiger partial charge in [-0.1, -0.05) is 13.8 Å². The maximum atomic E-state index is 11.6. The molecule has 1 rings (SSSR count). The Balaban J connectivity index is 3.04. The minimum Gasteiger partial charge on any atom is -0.480 e. The summed E-state index contributed by atoms with van der Waals surface area (Å²) in [7, 11) is 0. The highest BCUT2D eigenvalue weighted by atomic mass is 16.6. The van der Waals surface area contributed by atoms with Gasteiger partial charge in [-0.15, -0.1) is 0 Å². The minimum atomic E-state index is -1.13. The van der Waals surface area contributed by atoms with E-state index >= 15 is 0 Å². The van der Waals surface area contributed by atoms with Crippen molar-refractivity contribution in [2.24, 2.45) is 5.41 Å². The van der Waals surface area contributed by atoms with Crippen molar-refractivity contribution >= 4 is 11.8 Å². The van der Waals surface area contributed by atoms with Crippen LogP contribution in [0.5, 0.6) is 0 Å². The molecule has 0 saturated heterocycles. The predicted octanol–water partition coefficient (Wildman–Crippen LogP) is 0.538. The van der Waals surface area contributed by atoms with Crippen molar-refractivity contribution in [2.45, 2.75) is 26.7 Å². The van der Waals surface area contributed by atoms with E-state index in [9.17, 15) is 19.7 Å². The van der Waals surface area contributed by atoms with Gasteiger partial charge in [0.25, 0.3) is 0 Å². The molecular formula is C10H14N2O5. The van der Waals surface area contributed by atoms with Gasteiger partial charge < -0.3 is 10.4 Å². The van der Waals surface area contributed by atoms with Crippen LogP contribution in [0.15, 0.2) is 11.4 Å². The third-order valence-corrected chi connectivity index (χ3v) is 2.48. The van der Waals surface area contributed by atoms with Gasteiger partial charge in [0, 0.05) is 6.42 Å². The zero-order valence-corrected chi connectivity index (χ0v) is 9.65. The number of carbonyl (C=O) groups excluding carboxylic acids is 1. The molecule has 0 unspecified atom stereocenters. The van der Waals surface area contributed by atoms with Crippen molar-refractivity contribution in [1.82, 2.24) is 5.32 Å². The van der Waals surface area contributed by atoms with Gasteiger partial charge in [0.15, 0.2) is 0 Å². The SMILES string of the molecule is CC1(C)CC(=O)C([N+](=O)[O-])=C(NCC(=O)O)C1. The van der Waals surface area contributed by atoms with E-state index in [-0.39, 0.29) is 12.1 Å². The van der Waals surface area contributed by atoms with Crippen molar-refractivity contribution in [3.8, 4) is 0 Å². The number of Topliss-reactive ketones (excluding diaryl/α,β-unsaturated/α-hetero) is 1.